The van der Waals surface area contributed by atoms with Crippen LogP contribution in [0.15, 0.2) is 54.1 Å². The molecule has 0 heterocycles. The molecule has 0 fully saturated rings. The molecule has 6 nitrogen and oxygen atoms in total. The molecular formula is C24H26N2O4. The van der Waals surface area contributed by atoms with Gasteiger partial charge in [-0.05, 0) is 42.8 Å². The van der Waals surface area contributed by atoms with Crippen molar-refractivity contribution in [2.24, 2.45) is 5.41 Å². The van der Waals surface area contributed by atoms with Gasteiger partial charge in [0.05, 0.1) is 12.2 Å². The highest BCUT2D eigenvalue weighted by molar-refractivity contribution is 6.06. The SMILES string of the molecule is CCOc1cc(/C=C(\C#N)C(=O)C(C)(C)C)ccc1OCC(=O)Nc1ccccc1. The third-order valence-electron chi connectivity index (χ3n) is 4.04. The van der Waals surface area contributed by atoms with E-state index in [4.69, 9.17) is 9.47 Å². The molecule has 0 atom stereocenters. The summed E-state index contributed by atoms with van der Waals surface area (Å²) in [6.45, 7) is 7.34. The highest BCUT2D eigenvalue weighted by Crippen LogP contribution is 2.30. The van der Waals surface area contributed by atoms with E-state index in [0.29, 0.717) is 29.4 Å². The lowest BCUT2D eigenvalue weighted by Crippen LogP contribution is -2.21. The number of Topliss-reactive ketones (excluding diaryl/α,β-unsaturated/α-hetero) is 1. The van der Waals surface area contributed by atoms with Gasteiger partial charge in [-0.2, -0.15) is 5.26 Å². The second kappa shape index (κ2) is 10.3. The molecule has 30 heavy (non-hydrogen) atoms. The zero-order valence-corrected chi connectivity index (χ0v) is 17.7. The number of ketones is 1. The molecule has 0 aliphatic heterocycles. The number of nitrogens with one attached hydrogen (secondary N) is 1. The van der Waals surface area contributed by atoms with E-state index >= 15 is 0 Å². The van der Waals surface area contributed by atoms with Crippen molar-refractivity contribution in [1.29, 1.82) is 5.26 Å². The van der Waals surface area contributed by atoms with Gasteiger partial charge in [-0.1, -0.05) is 45.0 Å². The van der Waals surface area contributed by atoms with Crippen molar-refractivity contribution in [3.05, 3.63) is 59.7 Å². The summed E-state index contributed by atoms with van der Waals surface area (Å²) in [5, 5.41) is 12.1. The number of carbonyl (C=O) groups excluding carboxylic acids is 2. The van der Waals surface area contributed by atoms with Crippen LogP contribution in [0.25, 0.3) is 6.08 Å². The van der Waals surface area contributed by atoms with Crippen LogP contribution in [0.1, 0.15) is 33.3 Å². The van der Waals surface area contributed by atoms with E-state index in [0.717, 1.165) is 0 Å². The van der Waals surface area contributed by atoms with Gasteiger partial charge >= 0.3 is 0 Å². The van der Waals surface area contributed by atoms with Gasteiger partial charge < -0.3 is 14.8 Å². The predicted molar refractivity (Wildman–Crippen MR) is 116 cm³/mol. The Morgan fingerprint density at radius 1 is 1.07 bits per heavy atom. The van der Waals surface area contributed by atoms with Crippen molar-refractivity contribution in [2.75, 3.05) is 18.5 Å². The number of ether oxygens (including phenoxy) is 2. The Kier molecular flexibility index (Phi) is 7.76. The Balaban J connectivity index is 2.16. The van der Waals surface area contributed by atoms with E-state index in [9.17, 15) is 14.9 Å². The van der Waals surface area contributed by atoms with E-state index in [1.165, 1.54) is 6.08 Å². The third-order valence-corrected chi connectivity index (χ3v) is 4.04. The Bertz CT molecular complexity index is 967. The summed E-state index contributed by atoms with van der Waals surface area (Å²) < 4.78 is 11.2. The van der Waals surface area contributed by atoms with Crippen molar-refractivity contribution < 1.29 is 19.1 Å². The number of anilines is 1. The molecule has 1 N–H and O–H groups in total. The van der Waals surface area contributed by atoms with Gasteiger partial charge in [0.15, 0.2) is 23.9 Å². The van der Waals surface area contributed by atoms with E-state index < -0.39 is 5.41 Å². The highest BCUT2D eigenvalue weighted by Gasteiger charge is 2.25. The maximum absolute atomic E-state index is 12.4. The lowest BCUT2D eigenvalue weighted by atomic mass is 9.86. The number of hydrogen-bond acceptors (Lipinski definition) is 5. The smallest absolute Gasteiger partial charge is 0.262 e. The number of nitriles is 1. The van der Waals surface area contributed by atoms with Gasteiger partial charge in [-0.3, -0.25) is 9.59 Å². The highest BCUT2D eigenvalue weighted by atomic mass is 16.5. The first-order valence-corrected chi connectivity index (χ1v) is 9.65. The van der Waals surface area contributed by atoms with Gasteiger partial charge in [-0.25, -0.2) is 0 Å². The second-order valence-corrected chi connectivity index (χ2v) is 7.59. The number of nitrogens with zero attached hydrogens (tertiary/aromatic N) is 1. The summed E-state index contributed by atoms with van der Waals surface area (Å²) in [5.41, 5.74) is 0.734. The Morgan fingerprint density at radius 2 is 1.77 bits per heavy atom. The van der Waals surface area contributed by atoms with E-state index in [1.54, 1.807) is 51.1 Å². The molecule has 2 rings (SSSR count). The minimum Gasteiger partial charge on any atom is -0.490 e. The van der Waals surface area contributed by atoms with Gasteiger partial charge in [-0.15, -0.1) is 0 Å². The van der Waals surface area contributed by atoms with Crippen LogP contribution in [-0.2, 0) is 9.59 Å². The monoisotopic (exact) mass is 406 g/mol. The summed E-state index contributed by atoms with van der Waals surface area (Å²) in [5.74, 6) is 0.299. The van der Waals surface area contributed by atoms with Gasteiger partial charge in [0, 0.05) is 11.1 Å². The number of carbonyl (C=O) groups is 2. The number of hydrogen-bond donors (Lipinski definition) is 1. The molecule has 6 heteroatoms. The van der Waals surface area contributed by atoms with Crippen LogP contribution < -0.4 is 14.8 Å². The van der Waals surface area contributed by atoms with Crippen molar-refractivity contribution >= 4 is 23.5 Å². The zero-order chi connectivity index (χ0) is 22.1. The number of benzene rings is 2. The van der Waals surface area contributed by atoms with E-state index in [1.807, 2.05) is 31.2 Å². The molecule has 0 saturated carbocycles. The zero-order valence-electron chi connectivity index (χ0n) is 17.7. The lowest BCUT2D eigenvalue weighted by molar-refractivity contribution is -0.122. The second-order valence-electron chi connectivity index (χ2n) is 7.59. The van der Waals surface area contributed by atoms with E-state index in [-0.39, 0.29) is 23.9 Å². The summed E-state index contributed by atoms with van der Waals surface area (Å²) in [7, 11) is 0. The Hall–Kier alpha value is -3.59. The minimum absolute atomic E-state index is 0.0702. The maximum Gasteiger partial charge on any atom is 0.262 e. The summed E-state index contributed by atoms with van der Waals surface area (Å²) in [4.78, 5) is 24.5. The van der Waals surface area contributed by atoms with Crippen molar-refractivity contribution in [3.8, 4) is 17.6 Å². The van der Waals surface area contributed by atoms with Gasteiger partial charge in [0.1, 0.15) is 6.07 Å². The van der Waals surface area contributed by atoms with E-state index in [2.05, 4.69) is 5.32 Å². The molecule has 0 unspecified atom stereocenters. The number of para-hydroxylation sites is 1. The summed E-state index contributed by atoms with van der Waals surface area (Å²) in [6, 6.07) is 16.1. The molecular weight excluding hydrogens is 380 g/mol. The third kappa shape index (κ3) is 6.49. The van der Waals surface area contributed by atoms with Crippen LogP contribution in [0.4, 0.5) is 5.69 Å². The molecule has 2 aromatic rings. The quantitative estimate of drug-likeness (QED) is 0.510. The fraction of sp³-hybridized carbons (Fsp3) is 0.292. The average molecular weight is 406 g/mol. The lowest BCUT2D eigenvalue weighted by Gasteiger charge is -2.16. The Morgan fingerprint density at radius 3 is 2.37 bits per heavy atom. The molecule has 0 aromatic heterocycles. The standard InChI is InChI=1S/C24H26N2O4/c1-5-29-21-14-17(13-18(15-25)23(28)24(2,3)4)11-12-20(21)30-16-22(27)26-19-9-7-6-8-10-19/h6-14H,5,16H2,1-4H3,(H,26,27)/b18-13+. The van der Waals surface area contributed by atoms with Gasteiger partial charge in [0.2, 0.25) is 0 Å². The van der Waals surface area contributed by atoms with Crippen molar-refractivity contribution in [2.45, 2.75) is 27.7 Å². The van der Waals surface area contributed by atoms with Crippen LogP contribution in [0.2, 0.25) is 0 Å². The first-order chi connectivity index (χ1) is 14.2. The molecule has 156 valence electrons. The van der Waals surface area contributed by atoms with Crippen LogP contribution in [0.5, 0.6) is 11.5 Å². The minimum atomic E-state index is -0.653. The number of amides is 1. The summed E-state index contributed by atoms with van der Waals surface area (Å²) in [6.07, 6.45) is 1.53. The number of rotatable bonds is 8. The van der Waals surface area contributed by atoms with Crippen LogP contribution in [-0.4, -0.2) is 24.9 Å². The average Bonchev–Trinajstić information content (AvgIpc) is 2.71. The molecule has 0 aliphatic rings. The molecule has 0 aliphatic carbocycles. The fourth-order valence-electron chi connectivity index (χ4n) is 2.58. The van der Waals surface area contributed by atoms with Crippen LogP contribution >= 0.6 is 0 Å². The fourth-order valence-corrected chi connectivity index (χ4v) is 2.58. The molecule has 0 saturated heterocycles. The molecule has 1 amide bonds. The first-order valence-electron chi connectivity index (χ1n) is 9.65. The molecule has 0 bridgehead atoms. The van der Waals surface area contributed by atoms with Crippen LogP contribution in [0.3, 0.4) is 0 Å². The number of allylic oxidation sites excluding steroid dienone is 1. The summed E-state index contributed by atoms with van der Waals surface area (Å²) >= 11 is 0. The molecule has 0 radical (unpaired) electrons. The topological polar surface area (TPSA) is 88.4 Å². The van der Waals surface area contributed by atoms with Crippen molar-refractivity contribution in [1.82, 2.24) is 0 Å². The maximum atomic E-state index is 12.4. The normalized spacial score (nSPS) is 11.4. The van der Waals surface area contributed by atoms with Crippen LogP contribution in [0, 0.1) is 16.7 Å². The van der Waals surface area contributed by atoms with Gasteiger partial charge in [0.25, 0.3) is 5.91 Å². The first kappa shape index (κ1) is 22.7. The largest absolute Gasteiger partial charge is 0.490 e. The Labute approximate surface area is 177 Å². The molecule has 2 aromatic carbocycles. The predicted octanol–water partition coefficient (Wildman–Crippen LogP) is 4.62. The van der Waals surface area contributed by atoms with Crippen molar-refractivity contribution in [3.63, 3.8) is 0 Å². The molecule has 0 spiro atoms.